The van der Waals surface area contributed by atoms with E-state index in [2.05, 4.69) is 22.4 Å². The third kappa shape index (κ3) is 2.95. The number of benzene rings is 1. The smallest absolute Gasteiger partial charge is 0.233 e. The number of nitrogens with one attached hydrogen (secondary N) is 1. The number of nitrogens with zero attached hydrogens (tertiary/aromatic N) is 1. The number of nitrogens with two attached hydrogens (primary N) is 1. The minimum atomic E-state index is -0.0778. The van der Waals surface area contributed by atoms with Crippen molar-refractivity contribution in [2.75, 3.05) is 5.32 Å². The highest BCUT2D eigenvalue weighted by molar-refractivity contribution is 5.95. The van der Waals surface area contributed by atoms with Gasteiger partial charge in [0.25, 0.3) is 0 Å². The minimum absolute atomic E-state index is 0.0233. The number of pyridine rings is 1. The maximum Gasteiger partial charge on any atom is 0.233 e. The van der Waals surface area contributed by atoms with Crippen LogP contribution < -0.4 is 11.1 Å². The molecular weight excluding hydrogens is 262 g/mol. The maximum atomic E-state index is 12.5. The SMILES string of the molecule is NCc1ccc(NC(=O)C2CCCc3ccccc32)nc1. The Morgan fingerprint density at radius 1 is 1.29 bits per heavy atom. The number of amides is 1. The lowest BCUT2D eigenvalue weighted by molar-refractivity contribution is -0.117. The Kier molecular flexibility index (Phi) is 3.97. The molecule has 0 spiro atoms. The second kappa shape index (κ2) is 6.06. The topological polar surface area (TPSA) is 68.0 Å². The van der Waals surface area contributed by atoms with E-state index in [9.17, 15) is 4.79 Å². The summed E-state index contributed by atoms with van der Waals surface area (Å²) in [5, 5.41) is 2.91. The van der Waals surface area contributed by atoms with Crippen molar-refractivity contribution in [2.24, 2.45) is 5.73 Å². The van der Waals surface area contributed by atoms with Crippen LogP contribution in [0, 0.1) is 0 Å². The first kappa shape index (κ1) is 13.8. The highest BCUT2D eigenvalue weighted by Crippen LogP contribution is 2.32. The summed E-state index contributed by atoms with van der Waals surface area (Å²) in [5.41, 5.74) is 8.94. The number of carbonyl (C=O) groups is 1. The van der Waals surface area contributed by atoms with Crippen LogP contribution in [0.4, 0.5) is 5.82 Å². The fraction of sp³-hybridized carbons (Fsp3) is 0.294. The third-order valence-corrected chi connectivity index (χ3v) is 4.00. The van der Waals surface area contributed by atoms with Crippen LogP contribution in [0.2, 0.25) is 0 Å². The summed E-state index contributed by atoms with van der Waals surface area (Å²) in [4.78, 5) is 16.7. The minimum Gasteiger partial charge on any atom is -0.326 e. The van der Waals surface area contributed by atoms with Gasteiger partial charge in [-0.2, -0.15) is 0 Å². The molecule has 0 radical (unpaired) electrons. The lowest BCUT2D eigenvalue weighted by atomic mass is 9.82. The van der Waals surface area contributed by atoms with Gasteiger partial charge in [-0.15, -0.1) is 0 Å². The van der Waals surface area contributed by atoms with Gasteiger partial charge in [-0.1, -0.05) is 30.3 Å². The van der Waals surface area contributed by atoms with E-state index in [-0.39, 0.29) is 11.8 Å². The van der Waals surface area contributed by atoms with Crippen molar-refractivity contribution < 1.29 is 4.79 Å². The van der Waals surface area contributed by atoms with Crippen molar-refractivity contribution in [3.8, 4) is 0 Å². The van der Waals surface area contributed by atoms with Crippen LogP contribution in [-0.4, -0.2) is 10.9 Å². The van der Waals surface area contributed by atoms with E-state index < -0.39 is 0 Å². The third-order valence-electron chi connectivity index (χ3n) is 4.00. The summed E-state index contributed by atoms with van der Waals surface area (Å²) in [6.45, 7) is 0.456. The number of hydrogen-bond donors (Lipinski definition) is 2. The lowest BCUT2D eigenvalue weighted by Gasteiger charge is -2.24. The normalized spacial score (nSPS) is 17.1. The molecule has 1 aromatic carbocycles. The highest BCUT2D eigenvalue weighted by Gasteiger charge is 2.26. The Morgan fingerprint density at radius 3 is 2.90 bits per heavy atom. The molecule has 0 saturated carbocycles. The zero-order valence-electron chi connectivity index (χ0n) is 11.9. The first-order chi connectivity index (χ1) is 10.3. The predicted octanol–water partition coefficient (Wildman–Crippen LogP) is 2.60. The molecule has 2 aromatic rings. The summed E-state index contributed by atoms with van der Waals surface area (Å²) < 4.78 is 0. The van der Waals surface area contributed by atoms with Gasteiger partial charge in [-0.25, -0.2) is 4.98 Å². The second-order valence-corrected chi connectivity index (χ2v) is 5.39. The van der Waals surface area contributed by atoms with Gasteiger partial charge in [0.15, 0.2) is 0 Å². The van der Waals surface area contributed by atoms with Crippen molar-refractivity contribution in [3.05, 3.63) is 59.3 Å². The zero-order valence-corrected chi connectivity index (χ0v) is 11.9. The maximum absolute atomic E-state index is 12.5. The van der Waals surface area contributed by atoms with E-state index in [4.69, 9.17) is 5.73 Å². The monoisotopic (exact) mass is 281 g/mol. The van der Waals surface area contributed by atoms with Crippen molar-refractivity contribution in [1.82, 2.24) is 4.98 Å². The summed E-state index contributed by atoms with van der Waals surface area (Å²) in [6.07, 6.45) is 4.70. The fourth-order valence-corrected chi connectivity index (χ4v) is 2.86. The van der Waals surface area contributed by atoms with E-state index in [0.29, 0.717) is 12.4 Å². The second-order valence-electron chi connectivity index (χ2n) is 5.39. The Bertz CT molecular complexity index is 637. The standard InChI is InChI=1S/C17H19N3O/c18-10-12-8-9-16(19-11-12)20-17(21)15-7-3-5-13-4-1-2-6-14(13)15/h1-2,4,6,8-9,11,15H,3,5,7,10,18H2,(H,19,20,21). The average molecular weight is 281 g/mol. The molecule has 3 rings (SSSR count). The fourth-order valence-electron chi connectivity index (χ4n) is 2.86. The number of fused-ring (bicyclic) bond motifs is 1. The van der Waals surface area contributed by atoms with Crippen molar-refractivity contribution in [2.45, 2.75) is 31.7 Å². The molecule has 1 heterocycles. The molecule has 1 atom stereocenters. The molecular formula is C17H19N3O. The van der Waals surface area contributed by atoms with E-state index in [1.165, 1.54) is 5.56 Å². The molecule has 4 nitrogen and oxygen atoms in total. The van der Waals surface area contributed by atoms with Crippen LogP contribution in [-0.2, 0) is 17.8 Å². The van der Waals surface area contributed by atoms with Crippen LogP contribution in [0.5, 0.6) is 0 Å². The van der Waals surface area contributed by atoms with Gasteiger partial charge < -0.3 is 11.1 Å². The molecule has 3 N–H and O–H groups in total. The van der Waals surface area contributed by atoms with E-state index in [1.807, 2.05) is 18.2 Å². The number of carbonyl (C=O) groups excluding carboxylic acids is 1. The molecule has 0 saturated heterocycles. The number of hydrogen-bond acceptors (Lipinski definition) is 3. The largest absolute Gasteiger partial charge is 0.326 e. The molecule has 1 unspecified atom stereocenters. The molecule has 1 aliphatic carbocycles. The van der Waals surface area contributed by atoms with Gasteiger partial charge >= 0.3 is 0 Å². The number of anilines is 1. The van der Waals surface area contributed by atoms with E-state index in [1.54, 1.807) is 12.3 Å². The summed E-state index contributed by atoms with van der Waals surface area (Å²) in [5.74, 6) is 0.529. The van der Waals surface area contributed by atoms with Gasteiger partial charge in [-0.3, -0.25) is 4.79 Å². The van der Waals surface area contributed by atoms with Crippen molar-refractivity contribution >= 4 is 11.7 Å². The first-order valence-corrected chi connectivity index (χ1v) is 7.31. The van der Waals surface area contributed by atoms with Gasteiger partial charge in [0.2, 0.25) is 5.91 Å². The van der Waals surface area contributed by atoms with Crippen LogP contribution in [0.3, 0.4) is 0 Å². The Hall–Kier alpha value is -2.20. The molecule has 0 fully saturated rings. The summed E-state index contributed by atoms with van der Waals surface area (Å²) in [6, 6.07) is 11.9. The quantitative estimate of drug-likeness (QED) is 0.908. The number of aryl methyl sites for hydroxylation is 1. The predicted molar refractivity (Wildman–Crippen MR) is 82.9 cm³/mol. The van der Waals surface area contributed by atoms with Crippen molar-refractivity contribution in [1.29, 1.82) is 0 Å². The van der Waals surface area contributed by atoms with Crippen LogP contribution in [0.25, 0.3) is 0 Å². The Morgan fingerprint density at radius 2 is 2.14 bits per heavy atom. The Labute approximate surface area is 124 Å². The summed E-state index contributed by atoms with van der Waals surface area (Å²) in [7, 11) is 0. The molecule has 1 aromatic heterocycles. The van der Waals surface area contributed by atoms with Gasteiger partial charge in [0, 0.05) is 12.7 Å². The number of aromatic nitrogens is 1. The number of rotatable bonds is 3. The van der Waals surface area contributed by atoms with E-state index >= 15 is 0 Å². The van der Waals surface area contributed by atoms with Gasteiger partial charge in [0.05, 0.1) is 5.92 Å². The molecule has 4 heteroatoms. The molecule has 0 bridgehead atoms. The van der Waals surface area contributed by atoms with Gasteiger partial charge in [-0.05, 0) is 42.0 Å². The zero-order chi connectivity index (χ0) is 14.7. The molecule has 0 aliphatic heterocycles. The Balaban J connectivity index is 1.76. The van der Waals surface area contributed by atoms with Gasteiger partial charge in [0.1, 0.15) is 5.82 Å². The molecule has 108 valence electrons. The molecule has 1 aliphatic rings. The van der Waals surface area contributed by atoms with E-state index in [0.717, 1.165) is 30.4 Å². The lowest BCUT2D eigenvalue weighted by Crippen LogP contribution is -2.25. The first-order valence-electron chi connectivity index (χ1n) is 7.31. The van der Waals surface area contributed by atoms with Crippen LogP contribution >= 0.6 is 0 Å². The van der Waals surface area contributed by atoms with Crippen LogP contribution in [0.15, 0.2) is 42.6 Å². The van der Waals surface area contributed by atoms with Crippen molar-refractivity contribution in [3.63, 3.8) is 0 Å². The average Bonchev–Trinajstić information content (AvgIpc) is 2.55. The summed E-state index contributed by atoms with van der Waals surface area (Å²) >= 11 is 0. The molecule has 1 amide bonds. The molecule has 21 heavy (non-hydrogen) atoms. The van der Waals surface area contributed by atoms with Crippen LogP contribution in [0.1, 0.15) is 35.4 Å². The highest BCUT2D eigenvalue weighted by atomic mass is 16.1.